The first-order valence-electron chi connectivity index (χ1n) is 13.5. The van der Waals surface area contributed by atoms with E-state index in [1.54, 1.807) is 6.92 Å². The van der Waals surface area contributed by atoms with Crippen LogP contribution in [0.15, 0.2) is 48.5 Å². The molecule has 4 aliphatic rings. The highest BCUT2D eigenvalue weighted by molar-refractivity contribution is 5.94. The van der Waals surface area contributed by atoms with Gasteiger partial charge in [0.15, 0.2) is 0 Å². The Morgan fingerprint density at radius 3 is 2.30 bits per heavy atom. The molecule has 2 aromatic carbocycles. The molecule has 2 bridgehead atoms. The molecule has 3 fully saturated rings. The van der Waals surface area contributed by atoms with Crippen LogP contribution in [0.25, 0.3) is 0 Å². The number of carbonyl (C=O) groups is 2. The minimum Gasteiger partial charge on any atom is -0.444 e. The van der Waals surface area contributed by atoms with Crippen molar-refractivity contribution in [1.82, 2.24) is 4.90 Å². The summed E-state index contributed by atoms with van der Waals surface area (Å²) in [6, 6.07) is 17.4. The maximum Gasteiger partial charge on any atom is 0.410 e. The Labute approximate surface area is 220 Å². The number of anilines is 3. The molecule has 0 spiro atoms. The molecule has 0 saturated carbocycles. The van der Waals surface area contributed by atoms with Crippen LogP contribution < -0.4 is 15.1 Å². The summed E-state index contributed by atoms with van der Waals surface area (Å²) >= 11 is 0. The van der Waals surface area contributed by atoms with Gasteiger partial charge in [0, 0.05) is 60.6 Å². The van der Waals surface area contributed by atoms with Gasteiger partial charge in [-0.05, 0) is 70.9 Å². The molecule has 2 aromatic rings. The van der Waals surface area contributed by atoms with E-state index >= 15 is 0 Å². The van der Waals surface area contributed by atoms with Gasteiger partial charge in [0.2, 0.25) is 5.91 Å². The average Bonchev–Trinajstić information content (AvgIpc) is 2.86. The van der Waals surface area contributed by atoms with Gasteiger partial charge in [-0.3, -0.25) is 4.79 Å². The molecule has 198 valence electrons. The zero-order valence-corrected chi connectivity index (χ0v) is 22.9. The summed E-state index contributed by atoms with van der Waals surface area (Å²) in [5.41, 5.74) is 3.86. The van der Waals surface area contributed by atoms with Crippen LogP contribution >= 0.6 is 0 Å². The molecule has 1 N–H and O–H groups in total. The molecule has 4 aliphatic heterocycles. The molecule has 3 saturated heterocycles. The van der Waals surface area contributed by atoms with Gasteiger partial charge in [-0.25, -0.2) is 4.79 Å². The molecule has 6 rings (SSSR count). The summed E-state index contributed by atoms with van der Waals surface area (Å²) in [5.74, 6) is 0.281. The van der Waals surface area contributed by atoms with E-state index in [-0.39, 0.29) is 42.1 Å². The highest BCUT2D eigenvalue weighted by Crippen LogP contribution is 2.45. The second-order valence-corrected chi connectivity index (χ2v) is 11.9. The van der Waals surface area contributed by atoms with Gasteiger partial charge in [0.1, 0.15) is 5.60 Å². The number of benzene rings is 2. The number of fused-ring (bicyclic) bond motifs is 4. The van der Waals surface area contributed by atoms with Crippen molar-refractivity contribution in [2.24, 2.45) is 5.92 Å². The van der Waals surface area contributed by atoms with Crippen molar-refractivity contribution >= 4 is 29.1 Å². The summed E-state index contributed by atoms with van der Waals surface area (Å²) in [7, 11) is 0. The van der Waals surface area contributed by atoms with E-state index in [9.17, 15) is 9.59 Å². The standard InChI is InChI=1S/C30H40N4O3/c1-19-20(2)34(21(3)35)27-15-14-23(16-26(27)28(19)31-22-10-8-7-9-11-22)32-17-25-13-12-24(32)18-33(25)29(36)37-30(4,5)6/h7-11,14-16,19-20,24-25,28,31H,12-13,17-18H2,1-6H3/t19?,20-,24+,25+,28?/m0/s1. The lowest BCUT2D eigenvalue weighted by Gasteiger charge is -2.52. The molecular formula is C30H40N4O3. The topological polar surface area (TPSA) is 65.1 Å². The van der Waals surface area contributed by atoms with E-state index in [1.807, 2.05) is 48.8 Å². The Balaban J connectivity index is 1.46. The number of nitrogens with zero attached hydrogens (tertiary/aromatic N) is 3. The average molecular weight is 505 g/mol. The SMILES string of the molecule is CC(=O)N1c2ccc(N3C[C@H]4CC[C@@H]3CN4C(=O)OC(C)(C)C)cc2C(Nc2ccccc2)C(C)[C@@H]1C. The molecule has 7 nitrogen and oxygen atoms in total. The van der Waals surface area contributed by atoms with Crippen molar-refractivity contribution in [3.63, 3.8) is 0 Å². The maximum absolute atomic E-state index is 12.9. The summed E-state index contributed by atoms with van der Waals surface area (Å²) in [5, 5.41) is 3.76. The first-order valence-corrected chi connectivity index (χ1v) is 13.5. The van der Waals surface area contributed by atoms with Crippen molar-refractivity contribution in [3.05, 3.63) is 54.1 Å². The molecule has 5 atom stereocenters. The third-order valence-electron chi connectivity index (χ3n) is 8.22. The summed E-state index contributed by atoms with van der Waals surface area (Å²) in [6.45, 7) is 13.2. The van der Waals surface area contributed by atoms with E-state index in [0.29, 0.717) is 6.54 Å². The summed E-state index contributed by atoms with van der Waals surface area (Å²) in [6.07, 6.45) is 1.84. The minimum atomic E-state index is -0.497. The number of para-hydroxylation sites is 1. The van der Waals surface area contributed by atoms with E-state index in [0.717, 1.165) is 42.0 Å². The second-order valence-electron chi connectivity index (χ2n) is 11.9. The van der Waals surface area contributed by atoms with Crippen molar-refractivity contribution < 1.29 is 14.3 Å². The molecule has 2 unspecified atom stereocenters. The van der Waals surface area contributed by atoms with Crippen LogP contribution in [0.4, 0.5) is 21.9 Å². The van der Waals surface area contributed by atoms with Gasteiger partial charge in [-0.2, -0.15) is 0 Å². The van der Waals surface area contributed by atoms with E-state index in [4.69, 9.17) is 4.74 Å². The van der Waals surface area contributed by atoms with Crippen molar-refractivity contribution in [2.45, 2.75) is 84.2 Å². The van der Waals surface area contributed by atoms with Gasteiger partial charge >= 0.3 is 6.09 Å². The Morgan fingerprint density at radius 1 is 0.973 bits per heavy atom. The monoisotopic (exact) mass is 504 g/mol. The molecule has 0 aromatic heterocycles. The number of hydrogen-bond donors (Lipinski definition) is 1. The second kappa shape index (κ2) is 9.58. The number of piperazine rings is 1. The van der Waals surface area contributed by atoms with Crippen LogP contribution in [-0.4, -0.2) is 53.7 Å². The Kier molecular flexibility index (Phi) is 6.59. The zero-order valence-electron chi connectivity index (χ0n) is 22.9. The molecule has 2 amide bonds. The predicted octanol–water partition coefficient (Wildman–Crippen LogP) is 5.82. The lowest BCUT2D eigenvalue weighted by Crippen LogP contribution is -2.64. The highest BCUT2D eigenvalue weighted by Gasteiger charge is 2.44. The number of rotatable bonds is 3. The normalized spacial score (nSPS) is 27.1. The van der Waals surface area contributed by atoms with Gasteiger partial charge in [0.05, 0.1) is 12.1 Å². The summed E-state index contributed by atoms with van der Waals surface area (Å²) in [4.78, 5) is 31.9. The van der Waals surface area contributed by atoms with Crippen LogP contribution in [0.1, 0.15) is 66.0 Å². The molecule has 4 heterocycles. The number of piperidine rings is 2. The molecule has 7 heteroatoms. The largest absolute Gasteiger partial charge is 0.444 e. The first-order chi connectivity index (χ1) is 17.5. The zero-order chi connectivity index (χ0) is 26.5. The van der Waals surface area contributed by atoms with Crippen LogP contribution in [0.5, 0.6) is 0 Å². The van der Waals surface area contributed by atoms with E-state index in [1.165, 1.54) is 0 Å². The van der Waals surface area contributed by atoms with Crippen LogP contribution in [0.2, 0.25) is 0 Å². The van der Waals surface area contributed by atoms with Crippen molar-refractivity contribution in [1.29, 1.82) is 0 Å². The fourth-order valence-corrected chi connectivity index (χ4v) is 6.27. The predicted molar refractivity (Wildman–Crippen MR) is 148 cm³/mol. The minimum absolute atomic E-state index is 0.0662. The molecule has 0 radical (unpaired) electrons. The molecular weight excluding hydrogens is 464 g/mol. The highest BCUT2D eigenvalue weighted by atomic mass is 16.6. The Hall–Kier alpha value is -3.22. The quantitative estimate of drug-likeness (QED) is 0.571. The molecule has 37 heavy (non-hydrogen) atoms. The lowest BCUT2D eigenvalue weighted by molar-refractivity contribution is -0.117. The number of amides is 2. The van der Waals surface area contributed by atoms with Gasteiger partial charge in [-0.15, -0.1) is 0 Å². The number of nitrogens with one attached hydrogen (secondary N) is 1. The smallest absolute Gasteiger partial charge is 0.410 e. The van der Waals surface area contributed by atoms with E-state index in [2.05, 4.69) is 54.4 Å². The third-order valence-corrected chi connectivity index (χ3v) is 8.22. The number of carbonyl (C=O) groups excluding carboxylic acids is 2. The van der Waals surface area contributed by atoms with Gasteiger partial charge in [-0.1, -0.05) is 25.1 Å². The fourth-order valence-electron chi connectivity index (χ4n) is 6.27. The van der Waals surface area contributed by atoms with Crippen LogP contribution in [-0.2, 0) is 9.53 Å². The Morgan fingerprint density at radius 2 is 1.68 bits per heavy atom. The van der Waals surface area contributed by atoms with E-state index < -0.39 is 5.60 Å². The summed E-state index contributed by atoms with van der Waals surface area (Å²) < 4.78 is 5.69. The fraction of sp³-hybridized carbons (Fsp3) is 0.533. The lowest BCUT2D eigenvalue weighted by atomic mass is 9.82. The number of ether oxygens (including phenoxy) is 1. The van der Waals surface area contributed by atoms with Gasteiger partial charge in [0.25, 0.3) is 0 Å². The number of hydrogen-bond acceptors (Lipinski definition) is 5. The first kappa shape index (κ1) is 25.4. The third kappa shape index (κ3) is 4.88. The van der Waals surface area contributed by atoms with Crippen molar-refractivity contribution in [2.75, 3.05) is 28.2 Å². The van der Waals surface area contributed by atoms with Crippen molar-refractivity contribution in [3.8, 4) is 0 Å². The maximum atomic E-state index is 12.9. The van der Waals surface area contributed by atoms with Crippen LogP contribution in [0, 0.1) is 5.92 Å². The Bertz CT molecular complexity index is 1160. The molecule has 0 aliphatic carbocycles. The van der Waals surface area contributed by atoms with Gasteiger partial charge < -0.3 is 24.8 Å². The van der Waals surface area contributed by atoms with Crippen LogP contribution in [0.3, 0.4) is 0 Å².